The zero-order valence-electron chi connectivity index (χ0n) is 11.1. The van der Waals surface area contributed by atoms with Crippen LogP contribution in [-0.4, -0.2) is 27.6 Å². The second-order valence-electron chi connectivity index (χ2n) is 4.17. The van der Waals surface area contributed by atoms with E-state index in [0.29, 0.717) is 17.1 Å². The van der Waals surface area contributed by atoms with Gasteiger partial charge >= 0.3 is 0 Å². The van der Waals surface area contributed by atoms with Gasteiger partial charge in [0, 0.05) is 25.0 Å². The second kappa shape index (κ2) is 5.76. The van der Waals surface area contributed by atoms with Gasteiger partial charge in [-0.25, -0.2) is 8.42 Å². The van der Waals surface area contributed by atoms with E-state index in [0.717, 1.165) is 0 Å². The van der Waals surface area contributed by atoms with Crippen LogP contribution < -0.4 is 9.04 Å². The van der Waals surface area contributed by atoms with Crippen molar-refractivity contribution >= 4 is 27.3 Å². The fourth-order valence-corrected chi connectivity index (χ4v) is 3.11. The van der Waals surface area contributed by atoms with Crippen LogP contribution in [0.5, 0.6) is 5.75 Å². The Labute approximate surface area is 123 Å². The molecule has 0 fully saturated rings. The molecule has 0 aliphatic rings. The Morgan fingerprint density at radius 2 is 2.10 bits per heavy atom. The Balaban J connectivity index is 2.37. The van der Waals surface area contributed by atoms with E-state index in [9.17, 15) is 8.42 Å². The fraction of sp³-hybridized carbons (Fsp3) is 0.231. The van der Waals surface area contributed by atoms with E-state index in [1.165, 1.54) is 30.7 Å². The van der Waals surface area contributed by atoms with Gasteiger partial charge in [0.2, 0.25) is 0 Å². The van der Waals surface area contributed by atoms with Gasteiger partial charge in [-0.1, -0.05) is 6.07 Å². The van der Waals surface area contributed by atoms with Gasteiger partial charge in [-0.3, -0.25) is 4.31 Å². The minimum Gasteiger partial charge on any atom is -0.497 e. The number of hydrogen-bond donors (Lipinski definition) is 1. The number of ether oxygens (including phenoxy) is 1. The number of halogens is 1. The minimum absolute atomic E-state index is 0.179. The molecule has 0 bridgehead atoms. The molecule has 0 radical (unpaired) electrons. The summed E-state index contributed by atoms with van der Waals surface area (Å²) in [5.41, 5.74) is 1.18. The number of aromatic nitrogens is 1. The maximum atomic E-state index is 12.5. The van der Waals surface area contributed by atoms with Crippen LogP contribution in [0.2, 0.25) is 0 Å². The zero-order valence-corrected chi connectivity index (χ0v) is 12.7. The van der Waals surface area contributed by atoms with Crippen molar-refractivity contribution in [3.8, 4) is 5.75 Å². The van der Waals surface area contributed by atoms with Gasteiger partial charge in [0.25, 0.3) is 10.0 Å². The van der Waals surface area contributed by atoms with Crippen molar-refractivity contribution in [3.63, 3.8) is 0 Å². The van der Waals surface area contributed by atoms with Gasteiger partial charge in [0.15, 0.2) is 0 Å². The smallest absolute Gasteiger partial charge is 0.265 e. The first-order valence-corrected chi connectivity index (χ1v) is 7.82. The average molecular weight is 315 g/mol. The fourth-order valence-electron chi connectivity index (χ4n) is 1.75. The number of rotatable bonds is 5. The number of nitrogens with one attached hydrogen (secondary N) is 1. The highest BCUT2D eigenvalue weighted by atomic mass is 35.5. The van der Waals surface area contributed by atoms with E-state index in [-0.39, 0.29) is 10.8 Å². The summed E-state index contributed by atoms with van der Waals surface area (Å²) < 4.78 is 31.3. The number of sulfonamides is 1. The predicted octanol–water partition coefficient (Wildman–Crippen LogP) is 2.59. The van der Waals surface area contributed by atoms with Crippen LogP contribution in [0.25, 0.3) is 0 Å². The standard InChI is InChI=1S/C13H15ClN2O3S/c1-16(11-4-3-5-12(7-11)19-2)20(17,18)13-6-10(8-14)15-9-13/h3-7,9,15H,8H2,1-2H3. The molecule has 0 aliphatic carbocycles. The first-order chi connectivity index (χ1) is 9.48. The van der Waals surface area contributed by atoms with E-state index in [4.69, 9.17) is 16.3 Å². The molecule has 1 heterocycles. The first kappa shape index (κ1) is 14.7. The topological polar surface area (TPSA) is 62.4 Å². The SMILES string of the molecule is COc1cccc(N(C)S(=O)(=O)c2c[nH]c(CCl)c2)c1. The third-order valence-electron chi connectivity index (χ3n) is 2.94. The maximum absolute atomic E-state index is 12.5. The number of nitrogens with zero attached hydrogens (tertiary/aromatic N) is 1. The Kier molecular flexibility index (Phi) is 4.25. The Bertz CT molecular complexity index is 697. The summed E-state index contributed by atoms with van der Waals surface area (Å²) in [5, 5.41) is 0. The molecule has 0 amide bonds. The van der Waals surface area contributed by atoms with Crippen LogP contribution in [0.1, 0.15) is 5.69 Å². The molecular formula is C13H15ClN2O3S. The summed E-state index contributed by atoms with van der Waals surface area (Å²) in [6, 6.07) is 8.38. The number of benzene rings is 1. The monoisotopic (exact) mass is 314 g/mol. The third-order valence-corrected chi connectivity index (χ3v) is 4.99. The highest BCUT2D eigenvalue weighted by Crippen LogP contribution is 2.25. The Morgan fingerprint density at radius 3 is 2.70 bits per heavy atom. The van der Waals surface area contributed by atoms with Crippen molar-refractivity contribution in [1.29, 1.82) is 0 Å². The van der Waals surface area contributed by atoms with Gasteiger partial charge in [-0.15, -0.1) is 11.6 Å². The van der Waals surface area contributed by atoms with Crippen molar-refractivity contribution < 1.29 is 13.2 Å². The lowest BCUT2D eigenvalue weighted by molar-refractivity contribution is 0.415. The van der Waals surface area contributed by atoms with Crippen LogP contribution in [0.4, 0.5) is 5.69 Å². The minimum atomic E-state index is -3.62. The van der Waals surface area contributed by atoms with Gasteiger partial charge < -0.3 is 9.72 Å². The van der Waals surface area contributed by atoms with Gasteiger partial charge in [-0.05, 0) is 18.2 Å². The number of H-pyrrole nitrogens is 1. The molecule has 1 aromatic carbocycles. The van der Waals surface area contributed by atoms with Crippen LogP contribution in [0.3, 0.4) is 0 Å². The van der Waals surface area contributed by atoms with Crippen molar-refractivity contribution in [2.75, 3.05) is 18.5 Å². The van der Waals surface area contributed by atoms with Crippen molar-refractivity contribution in [2.24, 2.45) is 0 Å². The molecule has 0 saturated carbocycles. The molecule has 2 aromatic rings. The highest BCUT2D eigenvalue weighted by Gasteiger charge is 2.22. The molecule has 0 unspecified atom stereocenters. The number of alkyl halides is 1. The summed E-state index contributed by atoms with van der Waals surface area (Å²) >= 11 is 5.67. The average Bonchev–Trinajstić information content (AvgIpc) is 2.96. The molecule has 1 aromatic heterocycles. The number of aromatic amines is 1. The van der Waals surface area contributed by atoms with E-state index in [1.807, 2.05) is 0 Å². The summed E-state index contributed by atoms with van der Waals surface area (Å²) in [7, 11) is -0.587. The lowest BCUT2D eigenvalue weighted by atomic mass is 10.3. The summed E-state index contributed by atoms with van der Waals surface area (Å²) in [6.45, 7) is 0. The van der Waals surface area contributed by atoms with E-state index in [2.05, 4.69) is 4.98 Å². The molecule has 0 aliphatic heterocycles. The molecule has 2 rings (SSSR count). The van der Waals surface area contributed by atoms with Crippen LogP contribution in [0, 0.1) is 0 Å². The van der Waals surface area contributed by atoms with E-state index >= 15 is 0 Å². The molecule has 0 atom stereocenters. The van der Waals surface area contributed by atoms with E-state index < -0.39 is 10.0 Å². The van der Waals surface area contributed by atoms with Crippen LogP contribution in [0.15, 0.2) is 41.4 Å². The zero-order chi connectivity index (χ0) is 14.8. The van der Waals surface area contributed by atoms with Crippen molar-refractivity contribution in [1.82, 2.24) is 4.98 Å². The highest BCUT2D eigenvalue weighted by molar-refractivity contribution is 7.92. The normalized spacial score (nSPS) is 11.3. The molecular weight excluding hydrogens is 300 g/mol. The molecule has 0 saturated heterocycles. The van der Waals surface area contributed by atoms with Crippen LogP contribution >= 0.6 is 11.6 Å². The number of hydrogen-bond acceptors (Lipinski definition) is 3. The molecule has 7 heteroatoms. The van der Waals surface area contributed by atoms with E-state index in [1.54, 1.807) is 24.3 Å². The molecule has 20 heavy (non-hydrogen) atoms. The lowest BCUT2D eigenvalue weighted by Crippen LogP contribution is -2.26. The Hall–Kier alpha value is -1.66. The van der Waals surface area contributed by atoms with Crippen molar-refractivity contribution in [2.45, 2.75) is 10.8 Å². The maximum Gasteiger partial charge on any atom is 0.265 e. The van der Waals surface area contributed by atoms with Gasteiger partial charge in [0.1, 0.15) is 10.6 Å². The second-order valence-corrected chi connectivity index (χ2v) is 6.40. The summed E-state index contributed by atoms with van der Waals surface area (Å²) in [5.74, 6) is 0.832. The quantitative estimate of drug-likeness (QED) is 0.863. The van der Waals surface area contributed by atoms with Crippen molar-refractivity contribution in [3.05, 3.63) is 42.2 Å². The molecule has 108 valence electrons. The summed E-state index contributed by atoms with van der Waals surface area (Å²) in [4.78, 5) is 3.01. The molecule has 1 N–H and O–H groups in total. The predicted molar refractivity (Wildman–Crippen MR) is 78.9 cm³/mol. The summed E-state index contributed by atoms with van der Waals surface area (Å²) in [6.07, 6.45) is 1.43. The number of methoxy groups -OCH3 is 1. The van der Waals surface area contributed by atoms with Gasteiger partial charge in [0.05, 0.1) is 18.7 Å². The lowest BCUT2D eigenvalue weighted by Gasteiger charge is -2.19. The largest absolute Gasteiger partial charge is 0.497 e. The first-order valence-electron chi connectivity index (χ1n) is 5.85. The molecule has 5 nitrogen and oxygen atoms in total. The number of anilines is 1. The third kappa shape index (κ3) is 2.76. The Morgan fingerprint density at radius 1 is 1.35 bits per heavy atom. The molecule has 0 spiro atoms. The van der Waals surface area contributed by atoms with Crippen LogP contribution in [-0.2, 0) is 15.9 Å². The van der Waals surface area contributed by atoms with Gasteiger partial charge in [-0.2, -0.15) is 0 Å².